The zero-order chi connectivity index (χ0) is 9.53. The monoisotopic (exact) mass is 185 g/mol. The molecular weight excluding hydrogens is 170 g/mol. The Morgan fingerprint density at radius 3 is 2.46 bits per heavy atom. The minimum Gasteiger partial charge on any atom is -0.481 e. The van der Waals surface area contributed by atoms with E-state index >= 15 is 0 Å². The predicted molar refractivity (Wildman–Crippen MR) is 46.2 cm³/mol. The Balaban J connectivity index is 2.15. The molecule has 2 fully saturated rings. The molecule has 2 rings (SSSR count). The molecule has 0 radical (unpaired) electrons. The van der Waals surface area contributed by atoms with Gasteiger partial charge in [0.1, 0.15) is 0 Å². The van der Waals surface area contributed by atoms with Crippen LogP contribution in [0.15, 0.2) is 0 Å². The van der Waals surface area contributed by atoms with Crippen LogP contribution in [0.25, 0.3) is 0 Å². The summed E-state index contributed by atoms with van der Waals surface area (Å²) in [7, 11) is 0. The van der Waals surface area contributed by atoms with E-state index in [1.54, 1.807) is 0 Å². The van der Waals surface area contributed by atoms with E-state index in [-0.39, 0.29) is 12.0 Å². The third kappa shape index (κ3) is 1.02. The SMILES string of the molecule is NC[C@@]1(C(=O)O)CC12CCOCC2. The van der Waals surface area contributed by atoms with Crippen LogP contribution in [0.4, 0.5) is 0 Å². The van der Waals surface area contributed by atoms with Gasteiger partial charge in [0.25, 0.3) is 0 Å². The average Bonchev–Trinajstić information content (AvgIpc) is 2.76. The zero-order valence-corrected chi connectivity index (χ0v) is 7.58. The quantitative estimate of drug-likeness (QED) is 0.645. The third-order valence-corrected chi connectivity index (χ3v) is 3.74. The van der Waals surface area contributed by atoms with Crippen molar-refractivity contribution in [1.29, 1.82) is 0 Å². The Kier molecular flexibility index (Phi) is 1.85. The number of aliphatic carboxylic acids is 1. The molecule has 13 heavy (non-hydrogen) atoms. The van der Waals surface area contributed by atoms with Gasteiger partial charge in [-0.1, -0.05) is 0 Å². The van der Waals surface area contributed by atoms with E-state index in [2.05, 4.69) is 0 Å². The number of ether oxygens (including phenoxy) is 1. The standard InChI is InChI=1S/C9H15NO3/c10-6-9(7(11)12)5-8(9)1-3-13-4-2-8/h1-6,10H2,(H,11,12)/t9-/m1/s1. The molecule has 0 aromatic heterocycles. The van der Waals surface area contributed by atoms with Crippen molar-refractivity contribution in [2.75, 3.05) is 19.8 Å². The molecule has 0 aromatic carbocycles. The molecule has 2 aliphatic rings. The van der Waals surface area contributed by atoms with Crippen LogP contribution in [-0.2, 0) is 9.53 Å². The molecule has 0 bridgehead atoms. The molecule has 4 nitrogen and oxygen atoms in total. The molecule has 0 unspecified atom stereocenters. The first kappa shape index (κ1) is 8.97. The third-order valence-electron chi connectivity index (χ3n) is 3.74. The van der Waals surface area contributed by atoms with Crippen LogP contribution in [0.3, 0.4) is 0 Å². The maximum Gasteiger partial charge on any atom is 0.311 e. The maximum absolute atomic E-state index is 11.1. The van der Waals surface area contributed by atoms with Gasteiger partial charge in [0.05, 0.1) is 5.41 Å². The number of rotatable bonds is 2. The van der Waals surface area contributed by atoms with Crippen LogP contribution in [0, 0.1) is 10.8 Å². The normalized spacial score (nSPS) is 36.1. The molecule has 0 aromatic rings. The fraction of sp³-hybridized carbons (Fsp3) is 0.889. The number of hydrogen-bond donors (Lipinski definition) is 2. The van der Waals surface area contributed by atoms with Crippen LogP contribution < -0.4 is 5.73 Å². The van der Waals surface area contributed by atoms with Crippen LogP contribution in [-0.4, -0.2) is 30.8 Å². The first-order valence-electron chi connectivity index (χ1n) is 4.68. The van der Waals surface area contributed by atoms with E-state index in [1.807, 2.05) is 0 Å². The summed E-state index contributed by atoms with van der Waals surface area (Å²) < 4.78 is 5.23. The first-order chi connectivity index (χ1) is 6.17. The van der Waals surface area contributed by atoms with Gasteiger partial charge in [0.2, 0.25) is 0 Å². The van der Waals surface area contributed by atoms with E-state index in [4.69, 9.17) is 15.6 Å². The molecule has 1 spiro atoms. The van der Waals surface area contributed by atoms with Crippen molar-refractivity contribution in [3.8, 4) is 0 Å². The highest BCUT2D eigenvalue weighted by atomic mass is 16.5. The Hall–Kier alpha value is -0.610. The summed E-state index contributed by atoms with van der Waals surface area (Å²) in [6.45, 7) is 1.65. The van der Waals surface area contributed by atoms with Crippen LogP contribution in [0.5, 0.6) is 0 Å². The zero-order valence-electron chi connectivity index (χ0n) is 7.58. The van der Waals surface area contributed by atoms with E-state index in [9.17, 15) is 4.79 Å². The smallest absolute Gasteiger partial charge is 0.311 e. The van der Waals surface area contributed by atoms with Crippen molar-refractivity contribution < 1.29 is 14.6 Å². The van der Waals surface area contributed by atoms with Crippen molar-refractivity contribution in [3.05, 3.63) is 0 Å². The van der Waals surface area contributed by atoms with Gasteiger partial charge in [-0.05, 0) is 24.7 Å². The fourth-order valence-corrected chi connectivity index (χ4v) is 2.63. The molecule has 74 valence electrons. The molecule has 1 aliphatic carbocycles. The van der Waals surface area contributed by atoms with Crippen molar-refractivity contribution in [1.82, 2.24) is 0 Å². The molecule has 1 heterocycles. The average molecular weight is 185 g/mol. The maximum atomic E-state index is 11.1. The number of nitrogens with two attached hydrogens (primary N) is 1. The first-order valence-corrected chi connectivity index (χ1v) is 4.68. The van der Waals surface area contributed by atoms with E-state index in [1.165, 1.54) is 0 Å². The molecular formula is C9H15NO3. The number of carbonyl (C=O) groups is 1. The van der Waals surface area contributed by atoms with Gasteiger partial charge < -0.3 is 15.6 Å². The van der Waals surface area contributed by atoms with Crippen LogP contribution in [0.2, 0.25) is 0 Å². The second kappa shape index (κ2) is 2.69. The molecule has 1 aliphatic heterocycles. The van der Waals surface area contributed by atoms with Gasteiger partial charge in [-0.25, -0.2) is 0 Å². The van der Waals surface area contributed by atoms with Gasteiger partial charge in [-0.15, -0.1) is 0 Å². The largest absolute Gasteiger partial charge is 0.481 e. The summed E-state index contributed by atoms with van der Waals surface area (Å²) in [6.07, 6.45) is 2.46. The second-order valence-corrected chi connectivity index (χ2v) is 4.16. The molecule has 1 atom stereocenters. The van der Waals surface area contributed by atoms with Crippen LogP contribution >= 0.6 is 0 Å². The van der Waals surface area contributed by atoms with Crippen molar-refractivity contribution in [3.63, 3.8) is 0 Å². The summed E-state index contributed by atoms with van der Waals surface area (Å²) in [5.74, 6) is -0.725. The lowest BCUT2D eigenvalue weighted by molar-refractivity contribution is -0.145. The minimum atomic E-state index is -0.725. The summed E-state index contributed by atoms with van der Waals surface area (Å²) in [5, 5.41) is 9.10. The Morgan fingerprint density at radius 2 is 2.08 bits per heavy atom. The molecule has 0 amide bonds. The Bertz CT molecular complexity index is 235. The van der Waals surface area contributed by atoms with Gasteiger partial charge in [0.15, 0.2) is 0 Å². The fourth-order valence-electron chi connectivity index (χ4n) is 2.63. The second-order valence-electron chi connectivity index (χ2n) is 4.16. The lowest BCUT2D eigenvalue weighted by atomic mass is 9.86. The van der Waals surface area contributed by atoms with Crippen molar-refractivity contribution in [2.24, 2.45) is 16.6 Å². The highest BCUT2D eigenvalue weighted by Crippen LogP contribution is 2.68. The molecule has 3 N–H and O–H groups in total. The van der Waals surface area contributed by atoms with Gasteiger partial charge >= 0.3 is 5.97 Å². The van der Waals surface area contributed by atoms with Crippen molar-refractivity contribution >= 4 is 5.97 Å². The summed E-state index contributed by atoms with van der Waals surface area (Å²) in [4.78, 5) is 11.1. The summed E-state index contributed by atoms with van der Waals surface area (Å²) in [5.41, 5.74) is 4.89. The lowest BCUT2D eigenvalue weighted by Crippen LogP contribution is -2.34. The molecule has 1 saturated carbocycles. The van der Waals surface area contributed by atoms with Crippen molar-refractivity contribution in [2.45, 2.75) is 19.3 Å². The Morgan fingerprint density at radius 1 is 1.46 bits per heavy atom. The highest BCUT2D eigenvalue weighted by Gasteiger charge is 2.70. The highest BCUT2D eigenvalue weighted by molar-refractivity contribution is 5.80. The van der Waals surface area contributed by atoms with E-state index < -0.39 is 11.4 Å². The summed E-state index contributed by atoms with van der Waals surface area (Å²) in [6, 6.07) is 0. The topological polar surface area (TPSA) is 72.6 Å². The Labute approximate surface area is 77.1 Å². The van der Waals surface area contributed by atoms with E-state index in [0.717, 1.165) is 19.3 Å². The number of carboxylic acids is 1. The number of carboxylic acid groups (broad SMARTS) is 1. The van der Waals surface area contributed by atoms with Gasteiger partial charge in [0, 0.05) is 19.8 Å². The van der Waals surface area contributed by atoms with Crippen LogP contribution in [0.1, 0.15) is 19.3 Å². The van der Waals surface area contributed by atoms with Gasteiger partial charge in [-0.2, -0.15) is 0 Å². The van der Waals surface area contributed by atoms with E-state index in [0.29, 0.717) is 13.2 Å². The lowest BCUT2D eigenvalue weighted by Gasteiger charge is -2.26. The minimum absolute atomic E-state index is 0.0359. The predicted octanol–water partition coefficient (Wildman–Crippen LogP) is 0.217. The summed E-state index contributed by atoms with van der Waals surface area (Å²) >= 11 is 0. The molecule has 1 saturated heterocycles. The molecule has 4 heteroatoms. The van der Waals surface area contributed by atoms with Gasteiger partial charge in [-0.3, -0.25) is 4.79 Å². The number of hydrogen-bond acceptors (Lipinski definition) is 3.